The fourth-order valence-electron chi connectivity index (χ4n) is 3.36. The number of hydrogen-bond acceptors (Lipinski definition) is 4. The highest BCUT2D eigenvalue weighted by atomic mass is 16.3. The highest BCUT2D eigenvalue weighted by Gasteiger charge is 2.50. The van der Waals surface area contributed by atoms with Gasteiger partial charge < -0.3 is 14.9 Å². The van der Waals surface area contributed by atoms with Gasteiger partial charge in [0.15, 0.2) is 0 Å². The minimum Gasteiger partial charge on any atom is -0.437 e. The highest BCUT2D eigenvalue weighted by Crippen LogP contribution is 2.46. The van der Waals surface area contributed by atoms with Crippen molar-refractivity contribution >= 4 is 12.8 Å². The smallest absolute Gasteiger partial charge is 0.376 e. The molecular weight excluding hydrogens is 217 g/mol. The summed E-state index contributed by atoms with van der Waals surface area (Å²) in [4.78, 5) is 14.4. The number of rotatable bonds is 2. The Morgan fingerprint density at radius 1 is 1.41 bits per heavy atom. The average molecular weight is 239 g/mol. The molecule has 2 unspecified atom stereocenters. The van der Waals surface area contributed by atoms with Gasteiger partial charge in [0, 0.05) is 11.3 Å². The minimum atomic E-state index is -0.517. The summed E-state index contributed by atoms with van der Waals surface area (Å²) >= 11 is 0. The molecule has 2 aliphatic rings. The number of carbonyl (C=O) groups excluding carboxylic acids is 1. The van der Waals surface area contributed by atoms with Crippen molar-refractivity contribution in [3.8, 4) is 0 Å². The van der Waals surface area contributed by atoms with E-state index in [1.165, 1.54) is 0 Å². The molecule has 17 heavy (non-hydrogen) atoms. The van der Waals surface area contributed by atoms with Crippen LogP contribution in [0.2, 0.25) is 6.82 Å². The van der Waals surface area contributed by atoms with Crippen molar-refractivity contribution in [1.29, 1.82) is 0 Å². The molecule has 2 rings (SSSR count). The zero-order chi connectivity index (χ0) is 12.6. The van der Waals surface area contributed by atoms with E-state index in [9.17, 15) is 14.9 Å². The zero-order valence-corrected chi connectivity index (χ0v) is 10.7. The molecule has 4 nitrogen and oxygen atoms in total. The molecule has 1 spiro atoms. The molecule has 2 N–H and O–H groups in total. The first-order valence-corrected chi connectivity index (χ1v) is 6.61. The number of carbonyl (C=O) groups is 1. The zero-order valence-electron chi connectivity index (χ0n) is 10.7. The molecule has 0 aromatic carbocycles. The van der Waals surface area contributed by atoms with Crippen LogP contribution in [0.3, 0.4) is 0 Å². The van der Waals surface area contributed by atoms with E-state index in [-0.39, 0.29) is 17.1 Å². The van der Waals surface area contributed by atoms with Crippen LogP contribution in [0.1, 0.15) is 32.6 Å². The lowest BCUT2D eigenvalue weighted by molar-refractivity contribution is -0.133. The first kappa shape index (κ1) is 13.1. The van der Waals surface area contributed by atoms with Gasteiger partial charge in [0.1, 0.15) is 5.78 Å². The van der Waals surface area contributed by atoms with Crippen LogP contribution in [0.5, 0.6) is 0 Å². The van der Waals surface area contributed by atoms with Gasteiger partial charge in [0.25, 0.3) is 0 Å². The van der Waals surface area contributed by atoms with E-state index in [0.717, 1.165) is 38.8 Å². The molecule has 0 aromatic heterocycles. The maximum atomic E-state index is 12.4. The summed E-state index contributed by atoms with van der Waals surface area (Å²) < 4.78 is 0. The lowest BCUT2D eigenvalue weighted by Gasteiger charge is -2.39. The van der Waals surface area contributed by atoms with Gasteiger partial charge in [-0.1, -0.05) is 0 Å². The van der Waals surface area contributed by atoms with Crippen LogP contribution < -0.4 is 0 Å². The van der Waals surface area contributed by atoms with E-state index in [0.29, 0.717) is 0 Å². The van der Waals surface area contributed by atoms with E-state index in [2.05, 4.69) is 0 Å². The largest absolute Gasteiger partial charge is 0.437 e. The van der Waals surface area contributed by atoms with Crippen LogP contribution in [0.15, 0.2) is 0 Å². The van der Waals surface area contributed by atoms with Crippen molar-refractivity contribution < 1.29 is 14.9 Å². The van der Waals surface area contributed by atoms with Gasteiger partial charge in [-0.25, -0.2) is 0 Å². The fraction of sp³-hybridized carbons (Fsp3) is 0.917. The normalized spacial score (nSPS) is 30.8. The van der Waals surface area contributed by atoms with Crippen LogP contribution in [0, 0.1) is 11.3 Å². The van der Waals surface area contributed by atoms with Crippen molar-refractivity contribution in [1.82, 2.24) is 4.81 Å². The summed E-state index contributed by atoms with van der Waals surface area (Å²) in [6.07, 6.45) is 2.89. The summed E-state index contributed by atoms with van der Waals surface area (Å²) in [6, 6.07) is 0. The average Bonchev–Trinajstić information content (AvgIpc) is 2.58. The summed E-state index contributed by atoms with van der Waals surface area (Å²) in [7, 11) is -0.420. The Bertz CT molecular complexity index is 298. The van der Waals surface area contributed by atoms with E-state index in [1.807, 2.05) is 4.81 Å². The predicted molar refractivity (Wildman–Crippen MR) is 66.5 cm³/mol. The molecule has 2 atom stereocenters. The monoisotopic (exact) mass is 239 g/mol. The molecule has 1 aliphatic heterocycles. The van der Waals surface area contributed by atoms with Crippen LogP contribution in [-0.2, 0) is 4.79 Å². The summed E-state index contributed by atoms with van der Waals surface area (Å²) in [5.41, 5.74) is -0.201. The Morgan fingerprint density at radius 3 is 2.41 bits per heavy atom. The Labute approximate surface area is 103 Å². The molecule has 1 saturated heterocycles. The fourth-order valence-corrected chi connectivity index (χ4v) is 3.36. The summed E-state index contributed by atoms with van der Waals surface area (Å²) in [5.74, 6) is 0.103. The lowest BCUT2D eigenvalue weighted by Crippen LogP contribution is -2.48. The lowest BCUT2D eigenvalue weighted by atomic mass is 9.71. The molecule has 2 fully saturated rings. The second kappa shape index (κ2) is 4.71. The van der Waals surface area contributed by atoms with Crippen molar-refractivity contribution in [3.05, 3.63) is 0 Å². The molecule has 0 aromatic rings. The number of nitrogens with zero attached hydrogens (tertiary/aromatic N) is 1. The molecular formula is C12H22BNO3. The van der Waals surface area contributed by atoms with Gasteiger partial charge in [0.2, 0.25) is 0 Å². The number of aliphatic hydroxyl groups is 1. The third-order valence-electron chi connectivity index (χ3n) is 4.66. The van der Waals surface area contributed by atoms with Crippen molar-refractivity contribution in [2.75, 3.05) is 13.1 Å². The Kier molecular flexibility index (Phi) is 3.62. The predicted octanol–water partition coefficient (Wildman–Crippen LogP) is 0.539. The van der Waals surface area contributed by atoms with Gasteiger partial charge in [-0.05, 0) is 52.5 Å². The molecule has 1 saturated carbocycles. The quantitative estimate of drug-likeness (QED) is 0.690. The number of hydrogen-bond donors (Lipinski definition) is 2. The third kappa shape index (κ3) is 2.28. The van der Waals surface area contributed by atoms with Gasteiger partial charge >= 0.3 is 7.05 Å². The summed E-state index contributed by atoms with van der Waals surface area (Å²) in [6.45, 7) is 5.06. The first-order chi connectivity index (χ1) is 7.96. The van der Waals surface area contributed by atoms with E-state index >= 15 is 0 Å². The van der Waals surface area contributed by atoms with Gasteiger partial charge in [0.05, 0.1) is 6.10 Å². The van der Waals surface area contributed by atoms with Crippen LogP contribution in [-0.4, -0.2) is 47.0 Å². The topological polar surface area (TPSA) is 60.8 Å². The molecule has 96 valence electrons. The first-order valence-electron chi connectivity index (χ1n) is 6.61. The molecule has 0 bridgehead atoms. The second-order valence-electron chi connectivity index (χ2n) is 5.70. The molecule has 0 amide bonds. The van der Waals surface area contributed by atoms with Crippen LogP contribution in [0.4, 0.5) is 0 Å². The van der Waals surface area contributed by atoms with Crippen LogP contribution in [0.25, 0.3) is 0 Å². The van der Waals surface area contributed by atoms with E-state index in [4.69, 9.17) is 0 Å². The molecule has 1 aliphatic carbocycles. The van der Waals surface area contributed by atoms with Crippen molar-refractivity contribution in [3.63, 3.8) is 0 Å². The Morgan fingerprint density at radius 2 is 2.00 bits per heavy atom. The Hall–Kier alpha value is -0.385. The van der Waals surface area contributed by atoms with Gasteiger partial charge in [-0.2, -0.15) is 0 Å². The van der Waals surface area contributed by atoms with E-state index < -0.39 is 13.2 Å². The van der Waals surface area contributed by atoms with Crippen molar-refractivity contribution in [2.24, 2.45) is 11.3 Å². The SMILES string of the molecule is CB(O)N1CCC2(CCC(C(C)O)C2=O)CC1. The third-order valence-corrected chi connectivity index (χ3v) is 4.66. The standard InChI is InChI=1S/C12H22BNO3/c1-9(15)10-3-4-12(11(10)16)5-7-14(8-6-12)13(2)17/h9-10,15,17H,3-8H2,1-2H3. The molecule has 5 heteroatoms. The van der Waals surface area contributed by atoms with Crippen molar-refractivity contribution in [2.45, 2.75) is 45.5 Å². The molecule has 0 radical (unpaired) electrons. The number of Topliss-reactive ketones (excluding diaryl/α,β-unsaturated/α-hetero) is 1. The van der Waals surface area contributed by atoms with Gasteiger partial charge in [-0.15, -0.1) is 0 Å². The summed E-state index contributed by atoms with van der Waals surface area (Å²) in [5, 5.41) is 19.1. The molecule has 1 heterocycles. The number of aliphatic hydroxyl groups excluding tert-OH is 1. The minimum absolute atomic E-state index is 0.159. The number of piperidine rings is 1. The maximum Gasteiger partial charge on any atom is 0.376 e. The van der Waals surface area contributed by atoms with Gasteiger partial charge in [-0.3, -0.25) is 4.79 Å². The Balaban J connectivity index is 2.02. The van der Waals surface area contributed by atoms with E-state index in [1.54, 1.807) is 13.7 Å². The maximum absolute atomic E-state index is 12.4. The van der Waals surface area contributed by atoms with Crippen LogP contribution >= 0.6 is 0 Å². The highest BCUT2D eigenvalue weighted by molar-refractivity contribution is 6.45. The second-order valence-corrected chi connectivity index (χ2v) is 5.70. The number of ketones is 1.